The molecule has 21 heavy (non-hydrogen) atoms. The average Bonchev–Trinajstić information content (AvgIpc) is 2.35. The molecule has 0 aromatic heterocycles. The maximum atomic E-state index is 12.3. The first kappa shape index (κ1) is 16.1. The zero-order valence-electron chi connectivity index (χ0n) is 11.2. The normalized spacial score (nSPS) is 11.6. The molecule has 7 heteroatoms. The highest BCUT2D eigenvalue weighted by Crippen LogP contribution is 2.31. The van der Waals surface area contributed by atoms with Gasteiger partial charge < -0.3 is 5.73 Å². The number of sulfonamides is 1. The van der Waals surface area contributed by atoms with Gasteiger partial charge in [0.1, 0.15) is 4.90 Å². The Morgan fingerprint density at radius 1 is 1.14 bits per heavy atom. The number of nitrogen functional groups attached to an aromatic ring is 1. The van der Waals surface area contributed by atoms with Crippen LogP contribution in [0.25, 0.3) is 0 Å². The smallest absolute Gasteiger partial charge is 0.243 e. The Morgan fingerprint density at radius 3 is 2.33 bits per heavy atom. The van der Waals surface area contributed by atoms with Crippen molar-refractivity contribution in [2.75, 3.05) is 5.73 Å². The number of rotatable bonds is 4. The molecule has 0 saturated heterocycles. The summed E-state index contributed by atoms with van der Waals surface area (Å²) in [6.07, 6.45) is 0. The average molecular weight is 345 g/mol. The van der Waals surface area contributed by atoms with Crippen LogP contribution >= 0.6 is 23.2 Å². The molecule has 0 heterocycles. The molecule has 0 amide bonds. The lowest BCUT2D eigenvalue weighted by atomic mass is 10.1. The first-order valence-corrected chi connectivity index (χ1v) is 8.33. The van der Waals surface area contributed by atoms with E-state index in [4.69, 9.17) is 28.9 Å². The number of nitrogens with two attached hydrogens (primary N) is 1. The quantitative estimate of drug-likeness (QED) is 0.835. The van der Waals surface area contributed by atoms with Crippen LogP contribution in [0.3, 0.4) is 0 Å². The standard InChI is InChI=1S/C14H14Cl2N2O2S/c1-9-3-2-4-10(5-9)8-18-21(19,20)14-12(15)6-11(17)7-13(14)16/h2-7,18H,8,17H2,1H3. The number of halogens is 2. The first-order valence-electron chi connectivity index (χ1n) is 6.09. The second-order valence-corrected chi connectivity index (χ2v) is 7.15. The number of nitrogens with one attached hydrogen (secondary N) is 1. The monoisotopic (exact) mass is 344 g/mol. The first-order chi connectivity index (χ1) is 9.79. The molecule has 0 aliphatic carbocycles. The van der Waals surface area contributed by atoms with Crippen molar-refractivity contribution in [2.45, 2.75) is 18.4 Å². The van der Waals surface area contributed by atoms with Crippen LogP contribution in [0.15, 0.2) is 41.3 Å². The number of hydrogen-bond donors (Lipinski definition) is 2. The fourth-order valence-electron chi connectivity index (χ4n) is 1.91. The highest BCUT2D eigenvalue weighted by molar-refractivity contribution is 7.89. The molecule has 112 valence electrons. The second-order valence-electron chi connectivity index (χ2n) is 4.63. The summed E-state index contributed by atoms with van der Waals surface area (Å²) in [4.78, 5) is -0.160. The topological polar surface area (TPSA) is 72.2 Å². The molecule has 0 unspecified atom stereocenters. The van der Waals surface area contributed by atoms with E-state index < -0.39 is 10.0 Å². The van der Waals surface area contributed by atoms with Crippen molar-refractivity contribution in [3.8, 4) is 0 Å². The van der Waals surface area contributed by atoms with E-state index in [1.807, 2.05) is 31.2 Å². The predicted molar refractivity (Wildman–Crippen MR) is 86.1 cm³/mol. The summed E-state index contributed by atoms with van der Waals surface area (Å²) in [5.74, 6) is 0. The Morgan fingerprint density at radius 2 is 1.76 bits per heavy atom. The van der Waals surface area contributed by atoms with Gasteiger partial charge in [0, 0.05) is 12.2 Å². The molecule has 0 radical (unpaired) electrons. The molecule has 2 aromatic carbocycles. The summed E-state index contributed by atoms with van der Waals surface area (Å²) in [5, 5.41) is -0.00603. The van der Waals surface area contributed by atoms with E-state index in [1.165, 1.54) is 12.1 Å². The molecule has 4 nitrogen and oxygen atoms in total. The van der Waals surface area contributed by atoms with E-state index in [2.05, 4.69) is 4.72 Å². The Balaban J connectivity index is 2.27. The van der Waals surface area contributed by atoms with Crippen LogP contribution in [-0.2, 0) is 16.6 Å². The van der Waals surface area contributed by atoms with Gasteiger partial charge in [-0.1, -0.05) is 53.0 Å². The van der Waals surface area contributed by atoms with Crippen molar-refractivity contribution < 1.29 is 8.42 Å². The van der Waals surface area contributed by atoms with Crippen molar-refractivity contribution in [1.82, 2.24) is 4.72 Å². The van der Waals surface area contributed by atoms with Crippen molar-refractivity contribution in [3.05, 3.63) is 57.6 Å². The predicted octanol–water partition coefficient (Wildman–Crippen LogP) is 3.36. The van der Waals surface area contributed by atoms with Gasteiger partial charge in [0.2, 0.25) is 10.0 Å². The van der Waals surface area contributed by atoms with Gasteiger partial charge in [0.15, 0.2) is 0 Å². The Bertz CT molecular complexity index is 753. The highest BCUT2D eigenvalue weighted by Gasteiger charge is 2.22. The molecule has 0 spiro atoms. The third-order valence-corrected chi connectivity index (χ3v) is 5.16. The third-order valence-electron chi connectivity index (χ3n) is 2.84. The van der Waals surface area contributed by atoms with Gasteiger partial charge in [-0.3, -0.25) is 0 Å². The van der Waals surface area contributed by atoms with Crippen LogP contribution in [0.5, 0.6) is 0 Å². The van der Waals surface area contributed by atoms with Crippen molar-refractivity contribution in [3.63, 3.8) is 0 Å². The fourth-order valence-corrected chi connectivity index (χ4v) is 4.15. The van der Waals surface area contributed by atoms with Gasteiger partial charge in [0.25, 0.3) is 0 Å². The molecule has 2 rings (SSSR count). The summed E-state index contributed by atoms with van der Waals surface area (Å²) in [6.45, 7) is 2.09. The van der Waals surface area contributed by atoms with E-state index in [0.717, 1.165) is 11.1 Å². The molecule has 0 fully saturated rings. The fraction of sp³-hybridized carbons (Fsp3) is 0.143. The van der Waals surface area contributed by atoms with Crippen LogP contribution in [0.2, 0.25) is 10.0 Å². The summed E-state index contributed by atoms with van der Waals surface area (Å²) in [5.41, 5.74) is 7.78. The molecule has 0 bridgehead atoms. The van der Waals surface area contributed by atoms with Gasteiger partial charge in [-0.2, -0.15) is 0 Å². The molecular formula is C14H14Cl2N2O2S. The van der Waals surface area contributed by atoms with Crippen molar-refractivity contribution in [2.24, 2.45) is 0 Å². The molecular weight excluding hydrogens is 331 g/mol. The van der Waals surface area contributed by atoms with Crippen LogP contribution in [0, 0.1) is 6.92 Å². The number of benzene rings is 2. The Labute approximate surface area is 133 Å². The Kier molecular flexibility index (Phi) is 4.78. The summed E-state index contributed by atoms with van der Waals surface area (Å²) in [6, 6.07) is 10.2. The van der Waals surface area contributed by atoms with Crippen molar-refractivity contribution >= 4 is 38.9 Å². The second kappa shape index (κ2) is 6.23. The molecule has 0 saturated carbocycles. The lowest BCUT2D eigenvalue weighted by Crippen LogP contribution is -2.24. The van der Waals surface area contributed by atoms with E-state index in [1.54, 1.807) is 0 Å². The third kappa shape index (κ3) is 3.89. The van der Waals surface area contributed by atoms with Gasteiger partial charge >= 0.3 is 0 Å². The highest BCUT2D eigenvalue weighted by atomic mass is 35.5. The van der Waals surface area contributed by atoms with Gasteiger partial charge in [-0.15, -0.1) is 0 Å². The van der Waals surface area contributed by atoms with Crippen molar-refractivity contribution in [1.29, 1.82) is 0 Å². The summed E-state index contributed by atoms with van der Waals surface area (Å²) >= 11 is 11.9. The van der Waals surface area contributed by atoms with E-state index in [-0.39, 0.29) is 21.5 Å². The minimum atomic E-state index is -3.82. The van der Waals surface area contributed by atoms with E-state index in [9.17, 15) is 8.42 Å². The Hall–Kier alpha value is -1.27. The maximum absolute atomic E-state index is 12.3. The van der Waals surface area contributed by atoms with E-state index in [0.29, 0.717) is 5.69 Å². The number of hydrogen-bond acceptors (Lipinski definition) is 3. The molecule has 0 aliphatic rings. The lowest BCUT2D eigenvalue weighted by molar-refractivity contribution is 0.581. The minimum absolute atomic E-state index is 0.00302. The van der Waals surface area contributed by atoms with Crippen LogP contribution < -0.4 is 10.5 Å². The SMILES string of the molecule is Cc1cccc(CNS(=O)(=O)c2c(Cl)cc(N)cc2Cl)c1. The molecule has 3 N–H and O–H groups in total. The van der Waals surface area contributed by atoms with Crippen LogP contribution in [0.1, 0.15) is 11.1 Å². The van der Waals surface area contributed by atoms with Crippen LogP contribution in [0.4, 0.5) is 5.69 Å². The molecule has 0 aliphatic heterocycles. The number of anilines is 1. The van der Waals surface area contributed by atoms with Gasteiger partial charge in [-0.25, -0.2) is 13.1 Å². The maximum Gasteiger partial charge on any atom is 0.243 e. The van der Waals surface area contributed by atoms with E-state index >= 15 is 0 Å². The minimum Gasteiger partial charge on any atom is -0.399 e. The zero-order valence-corrected chi connectivity index (χ0v) is 13.6. The number of aryl methyl sites for hydroxylation is 1. The zero-order chi connectivity index (χ0) is 15.6. The summed E-state index contributed by atoms with van der Waals surface area (Å²) in [7, 11) is -3.82. The van der Waals surface area contributed by atoms with Crippen LogP contribution in [-0.4, -0.2) is 8.42 Å². The summed E-state index contributed by atoms with van der Waals surface area (Å²) < 4.78 is 27.1. The molecule has 2 aromatic rings. The van der Waals surface area contributed by atoms with Gasteiger partial charge in [0.05, 0.1) is 10.0 Å². The lowest BCUT2D eigenvalue weighted by Gasteiger charge is -2.11. The van der Waals surface area contributed by atoms with Gasteiger partial charge in [-0.05, 0) is 24.6 Å². The largest absolute Gasteiger partial charge is 0.399 e. The molecule has 0 atom stereocenters.